The van der Waals surface area contributed by atoms with Gasteiger partial charge in [-0.25, -0.2) is 0 Å². The van der Waals surface area contributed by atoms with E-state index in [0.29, 0.717) is 0 Å². The standard InChI is InChI=1S/C11H16/c1-5-9-11(8-4)10(6-2)7-3/h5-6,8-9H,2,4,7H2,1,3H3/b9-5+,11-10-. The molecule has 11 heavy (non-hydrogen) atoms. The Kier molecular flexibility index (Phi) is 5.18. The lowest BCUT2D eigenvalue weighted by molar-refractivity contribution is 1.14. The number of rotatable bonds is 4. The molecule has 60 valence electrons. The van der Waals surface area contributed by atoms with Crippen molar-refractivity contribution >= 4 is 0 Å². The molecule has 0 rings (SSSR count). The highest BCUT2D eigenvalue weighted by atomic mass is 14.0. The monoisotopic (exact) mass is 148 g/mol. The van der Waals surface area contributed by atoms with Gasteiger partial charge in [-0.2, -0.15) is 0 Å². The average molecular weight is 148 g/mol. The summed E-state index contributed by atoms with van der Waals surface area (Å²) in [6.07, 6.45) is 8.82. The van der Waals surface area contributed by atoms with Crippen molar-refractivity contribution in [3.8, 4) is 0 Å². The van der Waals surface area contributed by atoms with Crippen LogP contribution in [0.25, 0.3) is 0 Å². The van der Waals surface area contributed by atoms with Crippen LogP contribution in [0.15, 0.2) is 48.6 Å². The molecule has 0 aromatic carbocycles. The Morgan fingerprint density at radius 3 is 2.18 bits per heavy atom. The van der Waals surface area contributed by atoms with E-state index in [2.05, 4.69) is 20.1 Å². The molecule has 0 atom stereocenters. The van der Waals surface area contributed by atoms with Gasteiger partial charge in [0.2, 0.25) is 0 Å². The van der Waals surface area contributed by atoms with Crippen LogP contribution in [0.2, 0.25) is 0 Å². The van der Waals surface area contributed by atoms with E-state index < -0.39 is 0 Å². The fourth-order valence-electron chi connectivity index (χ4n) is 0.952. The SMILES string of the molecule is C=CC(/C=C/C)=C(\C=C)CC. The molecule has 0 spiro atoms. The van der Waals surface area contributed by atoms with Gasteiger partial charge < -0.3 is 0 Å². The maximum absolute atomic E-state index is 3.74. The first-order valence-electron chi connectivity index (χ1n) is 3.90. The fraction of sp³-hybridized carbons (Fsp3) is 0.273. The highest BCUT2D eigenvalue weighted by molar-refractivity contribution is 5.38. The minimum absolute atomic E-state index is 1.01. The van der Waals surface area contributed by atoms with E-state index in [1.54, 1.807) is 0 Å². The first-order valence-corrected chi connectivity index (χ1v) is 3.90. The third-order valence-electron chi connectivity index (χ3n) is 1.56. The summed E-state index contributed by atoms with van der Waals surface area (Å²) in [6.45, 7) is 11.6. The van der Waals surface area contributed by atoms with E-state index in [1.165, 1.54) is 11.1 Å². The van der Waals surface area contributed by atoms with E-state index in [1.807, 2.05) is 31.2 Å². The van der Waals surface area contributed by atoms with Gasteiger partial charge in [-0.15, -0.1) is 0 Å². The maximum Gasteiger partial charge on any atom is -0.0234 e. The van der Waals surface area contributed by atoms with Crippen molar-refractivity contribution < 1.29 is 0 Å². The first kappa shape index (κ1) is 9.96. The van der Waals surface area contributed by atoms with Crippen LogP contribution in [-0.4, -0.2) is 0 Å². The van der Waals surface area contributed by atoms with Crippen LogP contribution in [0.1, 0.15) is 20.3 Å². The molecule has 0 saturated carbocycles. The van der Waals surface area contributed by atoms with Crippen LogP contribution in [0.3, 0.4) is 0 Å². The van der Waals surface area contributed by atoms with E-state index in [4.69, 9.17) is 0 Å². The first-order chi connectivity index (χ1) is 5.29. The third kappa shape index (κ3) is 3.03. The second kappa shape index (κ2) is 5.72. The Morgan fingerprint density at radius 2 is 1.91 bits per heavy atom. The molecular weight excluding hydrogens is 132 g/mol. The highest BCUT2D eigenvalue weighted by Crippen LogP contribution is 2.11. The largest absolute Gasteiger partial charge is 0.0988 e. The van der Waals surface area contributed by atoms with E-state index >= 15 is 0 Å². The van der Waals surface area contributed by atoms with Gasteiger partial charge >= 0.3 is 0 Å². The van der Waals surface area contributed by atoms with Crippen LogP contribution in [0.5, 0.6) is 0 Å². The summed E-state index contributed by atoms with van der Waals surface area (Å²) in [5.74, 6) is 0. The van der Waals surface area contributed by atoms with Crippen molar-refractivity contribution in [3.63, 3.8) is 0 Å². The molecule has 0 heteroatoms. The second-order valence-corrected chi connectivity index (χ2v) is 2.24. The van der Waals surface area contributed by atoms with Gasteiger partial charge in [-0.05, 0) is 24.5 Å². The minimum atomic E-state index is 1.01. The van der Waals surface area contributed by atoms with Crippen LogP contribution in [0.4, 0.5) is 0 Å². The molecule has 0 aliphatic heterocycles. The van der Waals surface area contributed by atoms with Crippen LogP contribution >= 0.6 is 0 Å². The van der Waals surface area contributed by atoms with Gasteiger partial charge in [-0.3, -0.25) is 0 Å². The van der Waals surface area contributed by atoms with Crippen molar-refractivity contribution in [2.45, 2.75) is 20.3 Å². The summed E-state index contributed by atoms with van der Waals surface area (Å²) in [4.78, 5) is 0. The number of hydrogen-bond acceptors (Lipinski definition) is 0. The summed E-state index contributed by atoms with van der Waals surface area (Å²) in [5, 5.41) is 0. The predicted octanol–water partition coefficient (Wildman–Crippen LogP) is 3.64. The van der Waals surface area contributed by atoms with Gasteiger partial charge in [0.15, 0.2) is 0 Å². The maximum atomic E-state index is 3.74. The Bertz CT molecular complexity index is 192. The van der Waals surface area contributed by atoms with Gasteiger partial charge in [0.1, 0.15) is 0 Å². The Balaban J connectivity index is 4.75. The van der Waals surface area contributed by atoms with Gasteiger partial charge in [0.05, 0.1) is 0 Å². The second-order valence-electron chi connectivity index (χ2n) is 2.24. The average Bonchev–Trinajstić information content (AvgIpc) is 2.05. The van der Waals surface area contributed by atoms with E-state index in [9.17, 15) is 0 Å². The topological polar surface area (TPSA) is 0 Å². The number of allylic oxidation sites excluding steroid dienone is 6. The molecule has 0 fully saturated rings. The molecule has 0 aromatic heterocycles. The zero-order valence-corrected chi connectivity index (χ0v) is 7.43. The van der Waals surface area contributed by atoms with Crippen molar-refractivity contribution in [2.24, 2.45) is 0 Å². The molecule has 0 amide bonds. The molecule has 0 bridgehead atoms. The summed E-state index contributed by atoms with van der Waals surface area (Å²) in [5.41, 5.74) is 2.42. The molecule has 0 nitrogen and oxygen atoms in total. The molecule has 0 unspecified atom stereocenters. The molecule has 0 heterocycles. The van der Waals surface area contributed by atoms with Crippen molar-refractivity contribution in [3.05, 3.63) is 48.6 Å². The number of hydrogen-bond donors (Lipinski definition) is 0. The third-order valence-corrected chi connectivity index (χ3v) is 1.56. The molecule has 0 N–H and O–H groups in total. The van der Waals surface area contributed by atoms with E-state index in [-0.39, 0.29) is 0 Å². The molecule has 0 aromatic rings. The molecule has 0 aliphatic rings. The van der Waals surface area contributed by atoms with Crippen molar-refractivity contribution in [1.82, 2.24) is 0 Å². The lowest BCUT2D eigenvalue weighted by Gasteiger charge is -2.00. The zero-order valence-electron chi connectivity index (χ0n) is 7.43. The molecule has 0 radical (unpaired) electrons. The molecular formula is C11H16. The van der Waals surface area contributed by atoms with Crippen LogP contribution < -0.4 is 0 Å². The quantitative estimate of drug-likeness (QED) is 0.534. The van der Waals surface area contributed by atoms with Crippen molar-refractivity contribution in [2.75, 3.05) is 0 Å². The minimum Gasteiger partial charge on any atom is -0.0988 e. The van der Waals surface area contributed by atoms with Crippen molar-refractivity contribution in [1.29, 1.82) is 0 Å². The summed E-state index contributed by atoms with van der Waals surface area (Å²) in [7, 11) is 0. The lowest BCUT2D eigenvalue weighted by Crippen LogP contribution is -1.80. The Labute approximate surface area is 69.6 Å². The Morgan fingerprint density at radius 1 is 1.27 bits per heavy atom. The zero-order chi connectivity index (χ0) is 8.69. The fourth-order valence-corrected chi connectivity index (χ4v) is 0.952. The van der Waals surface area contributed by atoms with Gasteiger partial charge in [-0.1, -0.05) is 44.4 Å². The highest BCUT2D eigenvalue weighted by Gasteiger charge is 1.92. The molecule has 0 saturated heterocycles. The van der Waals surface area contributed by atoms with Gasteiger partial charge in [0, 0.05) is 0 Å². The summed E-state index contributed by atoms with van der Waals surface area (Å²) < 4.78 is 0. The summed E-state index contributed by atoms with van der Waals surface area (Å²) in [6, 6.07) is 0. The smallest absolute Gasteiger partial charge is 0.0234 e. The van der Waals surface area contributed by atoms with Crippen LogP contribution in [-0.2, 0) is 0 Å². The van der Waals surface area contributed by atoms with Crippen LogP contribution in [0, 0.1) is 0 Å². The normalized spacial score (nSPS) is 12.9. The summed E-state index contributed by atoms with van der Waals surface area (Å²) >= 11 is 0. The Hall–Kier alpha value is -1.04. The molecule has 0 aliphatic carbocycles. The lowest BCUT2D eigenvalue weighted by atomic mass is 10.1. The van der Waals surface area contributed by atoms with E-state index in [0.717, 1.165) is 6.42 Å². The predicted molar refractivity (Wildman–Crippen MR) is 52.5 cm³/mol. The van der Waals surface area contributed by atoms with Gasteiger partial charge in [0.25, 0.3) is 0 Å².